The van der Waals surface area contributed by atoms with Crippen molar-refractivity contribution in [1.82, 2.24) is 9.55 Å². The molecule has 0 saturated carbocycles. The summed E-state index contributed by atoms with van der Waals surface area (Å²) in [5.74, 6) is 0. The molecule has 10 aromatic rings. The highest BCUT2D eigenvalue weighted by Gasteiger charge is 2.36. The summed E-state index contributed by atoms with van der Waals surface area (Å²) < 4.78 is 2.38. The van der Waals surface area contributed by atoms with Crippen LogP contribution in [0.15, 0.2) is 200 Å². The van der Waals surface area contributed by atoms with Gasteiger partial charge in [0.2, 0.25) is 0 Å². The minimum atomic E-state index is -0.119. The van der Waals surface area contributed by atoms with E-state index in [4.69, 9.17) is 0 Å². The second kappa shape index (κ2) is 12.9. The van der Waals surface area contributed by atoms with E-state index in [-0.39, 0.29) is 5.41 Å². The Morgan fingerprint density at radius 2 is 1.11 bits per heavy atom. The first-order valence-corrected chi connectivity index (χ1v) is 19.7. The molecule has 0 unspecified atom stereocenters. The summed E-state index contributed by atoms with van der Waals surface area (Å²) >= 11 is 0. The molecule has 57 heavy (non-hydrogen) atoms. The average molecular weight is 730 g/mol. The Kier molecular flexibility index (Phi) is 7.52. The molecule has 0 spiro atoms. The van der Waals surface area contributed by atoms with Crippen molar-refractivity contribution in [3.8, 4) is 39.1 Å². The average Bonchev–Trinajstić information content (AvgIpc) is 3.72. The van der Waals surface area contributed by atoms with Gasteiger partial charge >= 0.3 is 0 Å². The van der Waals surface area contributed by atoms with Crippen LogP contribution in [-0.2, 0) is 5.41 Å². The lowest BCUT2D eigenvalue weighted by Gasteiger charge is -2.29. The van der Waals surface area contributed by atoms with Crippen LogP contribution < -0.4 is 4.90 Å². The molecule has 11 rings (SSSR count). The van der Waals surface area contributed by atoms with Gasteiger partial charge in [0.1, 0.15) is 0 Å². The van der Waals surface area contributed by atoms with Gasteiger partial charge in [-0.3, -0.25) is 4.98 Å². The highest BCUT2D eigenvalue weighted by Crippen LogP contribution is 2.51. The third kappa shape index (κ3) is 5.23. The molecular formula is C54H39N3. The SMILES string of the molecule is CC1(C)c2ccccc2-c2ccc(N(c3ccc(-c4cccnc4)cc3)c3ccc(-c4ccc5c(c4)c4ccccc4n5-c4ccccc4)c4ccccc34)cc21. The molecule has 3 heteroatoms. The van der Waals surface area contributed by atoms with Crippen LogP contribution in [0, 0.1) is 0 Å². The van der Waals surface area contributed by atoms with E-state index in [2.05, 4.69) is 210 Å². The number of aromatic nitrogens is 2. The number of nitrogens with zero attached hydrogens (tertiary/aromatic N) is 3. The van der Waals surface area contributed by atoms with Crippen LogP contribution in [0.5, 0.6) is 0 Å². The standard InChI is InChI=1S/C54H39N3/c1-54(2)49-20-10-8-17-44(49)45-28-27-41(34-50(45)54)56(40-25-22-36(23-26-40)38-13-12-32-55-35-38)52-31-29-42(43-16-6-7-18-46(43)52)37-24-30-53-48(33-37)47-19-9-11-21-51(47)57(53)39-14-4-3-5-15-39/h3-35H,1-2H3. The number of para-hydroxylation sites is 2. The van der Waals surface area contributed by atoms with Crippen molar-refractivity contribution in [2.24, 2.45) is 0 Å². The van der Waals surface area contributed by atoms with E-state index in [9.17, 15) is 0 Å². The summed E-state index contributed by atoms with van der Waals surface area (Å²) in [5, 5.41) is 4.91. The minimum Gasteiger partial charge on any atom is -0.310 e. The predicted molar refractivity (Wildman–Crippen MR) is 239 cm³/mol. The largest absolute Gasteiger partial charge is 0.310 e. The molecule has 2 heterocycles. The van der Waals surface area contributed by atoms with Gasteiger partial charge in [-0.15, -0.1) is 0 Å². The molecule has 2 aromatic heterocycles. The number of anilines is 3. The Hall–Kier alpha value is -7.23. The summed E-state index contributed by atoms with van der Waals surface area (Å²) in [6, 6.07) is 68.8. The van der Waals surface area contributed by atoms with Gasteiger partial charge in [0.15, 0.2) is 0 Å². The molecular weight excluding hydrogens is 691 g/mol. The quantitative estimate of drug-likeness (QED) is 0.170. The first kappa shape index (κ1) is 33.1. The Morgan fingerprint density at radius 3 is 1.93 bits per heavy atom. The van der Waals surface area contributed by atoms with Gasteiger partial charge in [-0.05, 0) is 117 Å². The van der Waals surface area contributed by atoms with E-state index in [0.717, 1.165) is 28.2 Å². The zero-order valence-corrected chi connectivity index (χ0v) is 31.9. The summed E-state index contributed by atoms with van der Waals surface area (Å²) in [7, 11) is 0. The van der Waals surface area contributed by atoms with Crippen molar-refractivity contribution in [3.63, 3.8) is 0 Å². The Bertz CT molecular complexity index is 3140. The summed E-state index contributed by atoms with van der Waals surface area (Å²) in [5.41, 5.74) is 16.9. The lowest BCUT2D eigenvalue weighted by Crippen LogP contribution is -2.16. The van der Waals surface area contributed by atoms with E-state index in [1.807, 2.05) is 18.5 Å². The number of benzene rings is 8. The molecule has 0 bridgehead atoms. The maximum atomic E-state index is 4.38. The third-order valence-corrected chi connectivity index (χ3v) is 12.1. The van der Waals surface area contributed by atoms with Crippen molar-refractivity contribution in [3.05, 3.63) is 212 Å². The molecule has 3 nitrogen and oxygen atoms in total. The number of rotatable bonds is 6. The van der Waals surface area contributed by atoms with E-state index in [1.165, 1.54) is 71.6 Å². The lowest BCUT2D eigenvalue weighted by molar-refractivity contribution is 0.660. The fraction of sp³-hybridized carbons (Fsp3) is 0.0556. The summed E-state index contributed by atoms with van der Waals surface area (Å²) in [6.07, 6.45) is 3.75. The van der Waals surface area contributed by atoms with Crippen LogP contribution in [0.25, 0.3) is 71.6 Å². The number of hydrogen-bond donors (Lipinski definition) is 0. The summed E-state index contributed by atoms with van der Waals surface area (Å²) in [6.45, 7) is 4.71. The Balaban J connectivity index is 1.09. The fourth-order valence-corrected chi connectivity index (χ4v) is 9.32. The molecule has 8 aromatic carbocycles. The predicted octanol–water partition coefficient (Wildman–Crippen LogP) is 14.4. The van der Waals surface area contributed by atoms with Crippen LogP contribution in [0.4, 0.5) is 17.1 Å². The molecule has 0 aliphatic heterocycles. The Labute approximate surface area is 332 Å². The van der Waals surface area contributed by atoms with Crippen molar-refractivity contribution >= 4 is 49.6 Å². The van der Waals surface area contributed by atoms with Crippen LogP contribution in [0.3, 0.4) is 0 Å². The molecule has 1 aliphatic rings. The molecule has 0 amide bonds. The highest BCUT2D eigenvalue weighted by molar-refractivity contribution is 6.12. The maximum absolute atomic E-state index is 4.38. The van der Waals surface area contributed by atoms with E-state index in [0.29, 0.717) is 0 Å². The van der Waals surface area contributed by atoms with E-state index < -0.39 is 0 Å². The zero-order chi connectivity index (χ0) is 38.1. The second-order valence-corrected chi connectivity index (χ2v) is 15.6. The maximum Gasteiger partial charge on any atom is 0.0541 e. The van der Waals surface area contributed by atoms with Gasteiger partial charge in [-0.25, -0.2) is 0 Å². The first-order valence-electron chi connectivity index (χ1n) is 19.7. The van der Waals surface area contributed by atoms with Crippen molar-refractivity contribution < 1.29 is 0 Å². The molecule has 270 valence electrons. The van der Waals surface area contributed by atoms with Crippen LogP contribution >= 0.6 is 0 Å². The highest BCUT2D eigenvalue weighted by atomic mass is 15.1. The van der Waals surface area contributed by atoms with Crippen molar-refractivity contribution in [2.45, 2.75) is 19.3 Å². The Morgan fingerprint density at radius 1 is 0.439 bits per heavy atom. The monoisotopic (exact) mass is 729 g/mol. The van der Waals surface area contributed by atoms with Gasteiger partial charge in [-0.1, -0.05) is 135 Å². The van der Waals surface area contributed by atoms with Gasteiger partial charge in [-0.2, -0.15) is 0 Å². The van der Waals surface area contributed by atoms with E-state index in [1.54, 1.807) is 0 Å². The van der Waals surface area contributed by atoms with E-state index >= 15 is 0 Å². The minimum absolute atomic E-state index is 0.119. The smallest absolute Gasteiger partial charge is 0.0541 e. The second-order valence-electron chi connectivity index (χ2n) is 15.6. The number of fused-ring (bicyclic) bond motifs is 7. The fourth-order valence-electron chi connectivity index (χ4n) is 9.32. The molecule has 0 fully saturated rings. The number of hydrogen-bond acceptors (Lipinski definition) is 2. The molecule has 0 atom stereocenters. The van der Waals surface area contributed by atoms with Gasteiger partial charge in [0.25, 0.3) is 0 Å². The van der Waals surface area contributed by atoms with Gasteiger partial charge < -0.3 is 9.47 Å². The molecule has 0 radical (unpaired) electrons. The van der Waals surface area contributed by atoms with Crippen LogP contribution in [-0.4, -0.2) is 9.55 Å². The van der Waals surface area contributed by atoms with Gasteiger partial charge in [0.05, 0.1) is 16.7 Å². The van der Waals surface area contributed by atoms with Gasteiger partial charge in [0, 0.05) is 51.0 Å². The lowest BCUT2D eigenvalue weighted by atomic mass is 9.82. The molecule has 1 aliphatic carbocycles. The first-order chi connectivity index (χ1) is 28.0. The normalized spacial score (nSPS) is 12.9. The topological polar surface area (TPSA) is 21.1 Å². The molecule has 0 N–H and O–H groups in total. The zero-order valence-electron chi connectivity index (χ0n) is 31.9. The van der Waals surface area contributed by atoms with Crippen LogP contribution in [0.2, 0.25) is 0 Å². The summed E-state index contributed by atoms with van der Waals surface area (Å²) in [4.78, 5) is 6.82. The van der Waals surface area contributed by atoms with Crippen LogP contribution in [0.1, 0.15) is 25.0 Å². The van der Waals surface area contributed by atoms with Crippen molar-refractivity contribution in [1.29, 1.82) is 0 Å². The third-order valence-electron chi connectivity index (χ3n) is 12.1. The number of pyridine rings is 1. The van der Waals surface area contributed by atoms with Crippen molar-refractivity contribution in [2.75, 3.05) is 4.90 Å². The molecule has 0 saturated heterocycles.